The van der Waals surface area contributed by atoms with Crippen molar-refractivity contribution in [2.24, 2.45) is 0 Å². The summed E-state index contributed by atoms with van der Waals surface area (Å²) in [5, 5.41) is 0. The average Bonchev–Trinajstić information content (AvgIpc) is 2.94. The van der Waals surface area contributed by atoms with Crippen LogP contribution in [0.5, 0.6) is 0 Å². The van der Waals surface area contributed by atoms with Gasteiger partial charge in [-0.2, -0.15) is 0 Å². The predicted octanol–water partition coefficient (Wildman–Crippen LogP) is 0.951. The molecule has 0 saturated heterocycles. The summed E-state index contributed by atoms with van der Waals surface area (Å²) in [6.07, 6.45) is -0.569. The average molecular weight is 702 g/mol. The van der Waals surface area contributed by atoms with E-state index < -0.39 is 11.2 Å². The molecule has 6 nitrogen and oxygen atoms in total. The van der Waals surface area contributed by atoms with E-state index in [9.17, 15) is 9.59 Å². The van der Waals surface area contributed by atoms with Crippen molar-refractivity contribution in [3.63, 3.8) is 0 Å². The van der Waals surface area contributed by atoms with Gasteiger partial charge in [-0.1, -0.05) is 0 Å². The standard InChI is InChI=1S/C22H30N2O4Se4/c1-11-15-16(12(2)23(11)19(25)27-21(5,6)7)30-32-18-14(4)24(13(3)17(18)31-29-15)20(26)28-22(8,9)10/h1-10H3. The first kappa shape index (κ1) is 26.2. The summed E-state index contributed by atoms with van der Waals surface area (Å²) in [7, 11) is 0. The Morgan fingerprint density at radius 2 is 0.781 bits per heavy atom. The van der Waals surface area contributed by atoms with Crippen LogP contribution in [-0.2, 0) is 9.47 Å². The molecule has 0 N–H and O–H groups in total. The third-order valence-corrected chi connectivity index (χ3v) is 21.0. The molecule has 0 aromatic carbocycles. The van der Waals surface area contributed by atoms with Crippen LogP contribution in [0.25, 0.3) is 0 Å². The first-order valence-corrected chi connectivity index (χ1v) is 22.3. The number of ether oxygens (including phenoxy) is 2. The summed E-state index contributed by atoms with van der Waals surface area (Å²) in [4.78, 5) is 25.8. The Morgan fingerprint density at radius 1 is 0.562 bits per heavy atom. The molecule has 0 aliphatic carbocycles. The van der Waals surface area contributed by atoms with E-state index in [0.717, 1.165) is 22.8 Å². The van der Waals surface area contributed by atoms with Gasteiger partial charge < -0.3 is 0 Å². The van der Waals surface area contributed by atoms with Gasteiger partial charge in [0.1, 0.15) is 0 Å². The molecule has 176 valence electrons. The number of carbonyl (C=O) groups is 2. The molecular weight excluding hydrogens is 672 g/mol. The molecule has 0 bridgehead atoms. The quantitative estimate of drug-likeness (QED) is 0.385. The van der Waals surface area contributed by atoms with Crippen molar-refractivity contribution in [2.45, 2.75) is 80.4 Å². The molecule has 10 heteroatoms. The van der Waals surface area contributed by atoms with Crippen LogP contribution in [0.1, 0.15) is 64.3 Å². The van der Waals surface area contributed by atoms with Gasteiger partial charge in [0.15, 0.2) is 0 Å². The molecule has 0 atom stereocenters. The second-order valence-corrected chi connectivity index (χ2v) is 21.7. The number of fused-ring (bicyclic) bond motifs is 2. The van der Waals surface area contributed by atoms with Crippen LogP contribution in [0.4, 0.5) is 9.59 Å². The van der Waals surface area contributed by atoms with Crippen LogP contribution in [0.3, 0.4) is 0 Å². The van der Waals surface area contributed by atoms with Gasteiger partial charge in [-0.3, -0.25) is 0 Å². The Hall–Kier alpha value is -0.422. The molecule has 0 amide bonds. The molecule has 1 aliphatic heterocycles. The minimum absolute atomic E-state index is 0.231. The molecule has 0 saturated carbocycles. The van der Waals surface area contributed by atoms with E-state index in [-0.39, 0.29) is 64.7 Å². The number of hydrogen-bond acceptors (Lipinski definition) is 4. The van der Waals surface area contributed by atoms with Crippen LogP contribution in [0.15, 0.2) is 0 Å². The molecule has 2 aromatic heterocycles. The Morgan fingerprint density at radius 3 is 0.969 bits per heavy atom. The molecule has 3 heterocycles. The van der Waals surface area contributed by atoms with Gasteiger partial charge in [0.25, 0.3) is 0 Å². The van der Waals surface area contributed by atoms with Gasteiger partial charge in [-0.05, 0) is 0 Å². The van der Waals surface area contributed by atoms with Crippen molar-refractivity contribution in [3.8, 4) is 0 Å². The third kappa shape index (κ3) is 5.29. The first-order chi connectivity index (χ1) is 14.6. The summed E-state index contributed by atoms with van der Waals surface area (Å²) >= 11 is 0.924. The van der Waals surface area contributed by atoms with E-state index in [0.29, 0.717) is 0 Å². The molecule has 0 spiro atoms. The monoisotopic (exact) mass is 706 g/mol. The fourth-order valence-electron chi connectivity index (χ4n) is 3.29. The van der Waals surface area contributed by atoms with Gasteiger partial charge in [-0.25, -0.2) is 0 Å². The molecule has 1 aliphatic rings. The van der Waals surface area contributed by atoms with Gasteiger partial charge in [0.05, 0.1) is 0 Å². The van der Waals surface area contributed by atoms with Crippen molar-refractivity contribution in [1.82, 2.24) is 9.13 Å². The summed E-state index contributed by atoms with van der Waals surface area (Å²) in [6.45, 7) is 19.6. The fraction of sp³-hybridized carbons (Fsp3) is 0.545. The Bertz CT molecular complexity index is 946. The van der Waals surface area contributed by atoms with Gasteiger partial charge >= 0.3 is 214 Å². The second-order valence-electron chi connectivity index (χ2n) is 9.62. The molecule has 32 heavy (non-hydrogen) atoms. The van der Waals surface area contributed by atoms with E-state index in [2.05, 4.69) is 0 Å². The third-order valence-electron chi connectivity index (χ3n) is 4.64. The van der Waals surface area contributed by atoms with Gasteiger partial charge in [0, 0.05) is 0 Å². The zero-order valence-electron chi connectivity index (χ0n) is 20.2. The van der Waals surface area contributed by atoms with Crippen LogP contribution in [0.2, 0.25) is 0 Å². The normalized spacial score (nSPS) is 14.3. The maximum absolute atomic E-state index is 12.9. The molecule has 0 unspecified atom stereocenters. The van der Waals surface area contributed by atoms with Crippen LogP contribution < -0.4 is 17.8 Å². The predicted molar refractivity (Wildman–Crippen MR) is 133 cm³/mol. The van der Waals surface area contributed by atoms with Crippen molar-refractivity contribution in [1.29, 1.82) is 0 Å². The SMILES string of the molecule is Cc1c2c(c(C)n1C(=O)OC(C)(C)C)[Se][Se]c1c(c(C)n(C(=O)OC(C)(C)C)c1C)[Se][Se]2. The summed E-state index contributed by atoms with van der Waals surface area (Å²) in [6, 6.07) is 0. The van der Waals surface area contributed by atoms with E-state index in [1.54, 1.807) is 9.13 Å². The van der Waals surface area contributed by atoms with Crippen LogP contribution in [0, 0.1) is 27.7 Å². The number of carbonyl (C=O) groups excluding carboxylic acids is 2. The molecule has 2 aromatic rings. The Kier molecular flexibility index (Phi) is 7.63. The number of nitrogens with zero attached hydrogens (tertiary/aromatic N) is 2. The zero-order chi connectivity index (χ0) is 24.2. The molecule has 0 radical (unpaired) electrons. The topological polar surface area (TPSA) is 62.5 Å². The summed E-state index contributed by atoms with van der Waals surface area (Å²) < 4.78 is 20.4. The van der Waals surface area contributed by atoms with Crippen molar-refractivity contribution in [3.05, 3.63) is 22.8 Å². The molecular formula is C22H30N2O4Se4. The van der Waals surface area contributed by atoms with Crippen LogP contribution >= 0.6 is 0 Å². The Balaban J connectivity index is 1.98. The molecule has 3 rings (SSSR count). The summed E-state index contributed by atoms with van der Waals surface area (Å²) in [5.41, 5.74) is 3.05. The molecule has 0 fully saturated rings. The van der Waals surface area contributed by atoms with E-state index in [1.807, 2.05) is 69.2 Å². The van der Waals surface area contributed by atoms with Crippen LogP contribution in [-0.4, -0.2) is 85.0 Å². The van der Waals surface area contributed by atoms with E-state index in [1.165, 1.54) is 17.8 Å². The fourth-order valence-corrected chi connectivity index (χ4v) is 27.5. The van der Waals surface area contributed by atoms with Crippen molar-refractivity contribution in [2.75, 3.05) is 0 Å². The minimum atomic E-state index is -0.523. The maximum atomic E-state index is 12.9. The summed E-state index contributed by atoms with van der Waals surface area (Å²) in [5.74, 6) is 0. The number of rotatable bonds is 0. The van der Waals surface area contributed by atoms with Gasteiger partial charge in [0.2, 0.25) is 0 Å². The van der Waals surface area contributed by atoms with Gasteiger partial charge in [-0.15, -0.1) is 0 Å². The second kappa shape index (κ2) is 9.32. The Labute approximate surface area is 212 Å². The zero-order valence-corrected chi connectivity index (χ0v) is 27.0. The number of hydrogen-bond donors (Lipinski definition) is 0. The first-order valence-electron chi connectivity index (χ1n) is 10.2. The van der Waals surface area contributed by atoms with E-state index >= 15 is 0 Å². The number of aromatic nitrogens is 2. The van der Waals surface area contributed by atoms with Crippen molar-refractivity contribution < 1.29 is 19.1 Å². The van der Waals surface area contributed by atoms with Crippen molar-refractivity contribution >= 4 is 82.6 Å². The van der Waals surface area contributed by atoms with E-state index in [4.69, 9.17) is 9.47 Å².